The van der Waals surface area contributed by atoms with Crippen molar-refractivity contribution < 1.29 is 23.2 Å². The molecule has 0 radical (unpaired) electrons. The van der Waals surface area contributed by atoms with E-state index in [0.29, 0.717) is 21.6 Å². The van der Waals surface area contributed by atoms with Gasteiger partial charge in [-0.25, -0.2) is 8.78 Å². The molecule has 3 amide bonds. The monoisotopic (exact) mass is 548 g/mol. The van der Waals surface area contributed by atoms with Gasteiger partial charge in [-0.1, -0.05) is 31.5 Å². The van der Waals surface area contributed by atoms with Crippen molar-refractivity contribution in [2.24, 2.45) is 0 Å². The van der Waals surface area contributed by atoms with Gasteiger partial charge in [-0.2, -0.15) is 5.10 Å². The van der Waals surface area contributed by atoms with E-state index in [4.69, 9.17) is 0 Å². The van der Waals surface area contributed by atoms with Crippen LogP contribution < -0.4 is 5.32 Å². The molecule has 2 aromatic heterocycles. The van der Waals surface area contributed by atoms with Gasteiger partial charge >= 0.3 is 0 Å². The highest BCUT2D eigenvalue weighted by atomic mass is 32.1. The molecule has 1 unspecified atom stereocenters. The fraction of sp³-hybridized carbons (Fsp3) is 0.241. The summed E-state index contributed by atoms with van der Waals surface area (Å²) in [6.45, 7) is 3.87. The molecule has 3 heterocycles. The topological polar surface area (TPSA) is 95.2 Å². The standard InChI is InChI=1S/C29H26F2N4O3S/c1-3-6-25-22(14-32-34-25)21-13-26(39-16(21)2)27(36)33-18(11-17-9-10-23(30)24(31)12-17)15-35-28(37)19-7-4-5-8-20(19)29(35)38/h4-5,7-10,12-14,18H,3,6,11,15H2,1-2H3,(H,32,34)(H,33,36). The number of nitrogens with one attached hydrogen (secondary N) is 2. The maximum absolute atomic E-state index is 13.9. The summed E-state index contributed by atoms with van der Waals surface area (Å²) in [4.78, 5) is 41.9. The number of carbonyl (C=O) groups is 3. The number of hydrogen-bond acceptors (Lipinski definition) is 5. The summed E-state index contributed by atoms with van der Waals surface area (Å²) in [5.74, 6) is -3.31. The van der Waals surface area contributed by atoms with E-state index in [9.17, 15) is 23.2 Å². The molecule has 1 atom stereocenters. The molecule has 1 aliphatic heterocycles. The van der Waals surface area contributed by atoms with E-state index in [1.807, 2.05) is 6.92 Å². The van der Waals surface area contributed by atoms with Gasteiger partial charge < -0.3 is 5.32 Å². The van der Waals surface area contributed by atoms with Crippen molar-refractivity contribution >= 4 is 29.1 Å². The fourth-order valence-electron chi connectivity index (χ4n) is 4.84. The minimum Gasteiger partial charge on any atom is -0.346 e. The van der Waals surface area contributed by atoms with Crippen LogP contribution in [0.5, 0.6) is 0 Å². The van der Waals surface area contributed by atoms with Crippen LogP contribution >= 0.6 is 11.3 Å². The third kappa shape index (κ3) is 5.24. The normalized spacial score (nSPS) is 13.6. The molecule has 0 spiro atoms. The number of benzene rings is 2. The molecule has 1 aliphatic rings. The molecule has 10 heteroatoms. The first-order chi connectivity index (χ1) is 18.8. The largest absolute Gasteiger partial charge is 0.346 e. The predicted molar refractivity (Wildman–Crippen MR) is 144 cm³/mol. The van der Waals surface area contributed by atoms with E-state index in [1.54, 1.807) is 36.5 Å². The van der Waals surface area contributed by atoms with Crippen molar-refractivity contribution in [3.63, 3.8) is 0 Å². The zero-order chi connectivity index (χ0) is 27.7. The second-order valence-corrected chi connectivity index (χ2v) is 10.7. The molecule has 0 aliphatic carbocycles. The van der Waals surface area contributed by atoms with Gasteiger partial charge in [0.05, 0.1) is 28.2 Å². The fourth-order valence-corrected chi connectivity index (χ4v) is 5.78. The summed E-state index contributed by atoms with van der Waals surface area (Å²) >= 11 is 1.32. The second kappa shape index (κ2) is 10.9. The molecule has 5 rings (SSSR count). The molecule has 0 saturated heterocycles. The highest BCUT2D eigenvalue weighted by Gasteiger charge is 2.37. The number of fused-ring (bicyclic) bond motifs is 1. The lowest BCUT2D eigenvalue weighted by atomic mass is 10.0. The Hall–Kier alpha value is -4.18. The van der Waals surface area contributed by atoms with E-state index in [0.717, 1.165) is 51.6 Å². The lowest BCUT2D eigenvalue weighted by molar-refractivity contribution is 0.0629. The van der Waals surface area contributed by atoms with Gasteiger partial charge in [0.2, 0.25) is 0 Å². The highest BCUT2D eigenvalue weighted by molar-refractivity contribution is 7.14. The summed E-state index contributed by atoms with van der Waals surface area (Å²) in [6.07, 6.45) is 3.59. The van der Waals surface area contributed by atoms with Crippen LogP contribution in [0.15, 0.2) is 54.7 Å². The third-order valence-corrected chi connectivity index (χ3v) is 7.78. The average Bonchev–Trinajstić information content (AvgIpc) is 3.60. The van der Waals surface area contributed by atoms with Gasteiger partial charge in [-0.3, -0.25) is 24.4 Å². The smallest absolute Gasteiger partial charge is 0.261 e. The van der Waals surface area contributed by atoms with Gasteiger partial charge in [0.1, 0.15) is 0 Å². The Morgan fingerprint density at radius 2 is 1.74 bits per heavy atom. The quantitative estimate of drug-likeness (QED) is 0.277. The van der Waals surface area contributed by atoms with Crippen LogP contribution in [0.4, 0.5) is 8.78 Å². The molecular formula is C29H26F2N4O3S. The number of carbonyl (C=O) groups excluding carboxylic acids is 3. The Bertz CT molecular complexity index is 1540. The Morgan fingerprint density at radius 1 is 1.03 bits per heavy atom. The van der Waals surface area contributed by atoms with Gasteiger partial charge in [0.15, 0.2) is 11.6 Å². The summed E-state index contributed by atoms with van der Waals surface area (Å²) in [7, 11) is 0. The first-order valence-corrected chi connectivity index (χ1v) is 13.4. The molecule has 7 nitrogen and oxygen atoms in total. The predicted octanol–water partition coefficient (Wildman–Crippen LogP) is 5.31. The number of hydrogen-bond donors (Lipinski definition) is 2. The Balaban J connectivity index is 1.41. The third-order valence-electron chi connectivity index (χ3n) is 6.73. The lowest BCUT2D eigenvalue weighted by Gasteiger charge is -2.24. The molecule has 0 saturated carbocycles. The van der Waals surface area contributed by atoms with Crippen LogP contribution in [0.25, 0.3) is 11.1 Å². The molecule has 0 bridgehead atoms. The van der Waals surface area contributed by atoms with Crippen molar-refractivity contribution in [3.8, 4) is 11.1 Å². The summed E-state index contributed by atoms with van der Waals surface area (Å²) in [5.41, 5.74) is 3.84. The summed E-state index contributed by atoms with van der Waals surface area (Å²) in [5, 5.41) is 10.1. The molecule has 2 aromatic carbocycles. The molecule has 200 valence electrons. The van der Waals surface area contributed by atoms with E-state index in [1.165, 1.54) is 17.4 Å². The number of aryl methyl sites for hydroxylation is 2. The zero-order valence-corrected chi connectivity index (χ0v) is 22.2. The van der Waals surface area contributed by atoms with Crippen molar-refractivity contribution in [1.29, 1.82) is 0 Å². The number of aromatic amines is 1. The van der Waals surface area contributed by atoms with E-state index >= 15 is 0 Å². The summed E-state index contributed by atoms with van der Waals surface area (Å²) < 4.78 is 27.5. The number of rotatable bonds is 9. The Kier molecular flexibility index (Phi) is 7.38. The Labute approximate surface area is 227 Å². The van der Waals surface area contributed by atoms with E-state index in [2.05, 4.69) is 22.4 Å². The van der Waals surface area contributed by atoms with Gasteiger partial charge in [0.25, 0.3) is 17.7 Å². The number of thiophene rings is 1. The number of halogens is 2. The van der Waals surface area contributed by atoms with Gasteiger partial charge in [-0.05, 0) is 61.2 Å². The summed E-state index contributed by atoms with van der Waals surface area (Å²) in [6, 6.07) is 11.1. The van der Waals surface area contributed by atoms with Gasteiger partial charge in [0, 0.05) is 22.7 Å². The minimum absolute atomic E-state index is 0.0793. The SMILES string of the molecule is CCCc1[nH]ncc1-c1cc(C(=O)NC(Cc2ccc(F)c(F)c2)CN2C(=O)c3ccccc3C2=O)sc1C. The van der Waals surface area contributed by atoms with Crippen LogP contribution in [0, 0.1) is 18.6 Å². The molecule has 2 N–H and O–H groups in total. The van der Waals surface area contributed by atoms with E-state index < -0.39 is 29.5 Å². The van der Waals surface area contributed by atoms with Crippen molar-refractivity contribution in [2.45, 2.75) is 39.2 Å². The first-order valence-electron chi connectivity index (χ1n) is 12.6. The number of imide groups is 1. The molecular weight excluding hydrogens is 522 g/mol. The van der Waals surface area contributed by atoms with Crippen LogP contribution in [-0.2, 0) is 12.8 Å². The maximum Gasteiger partial charge on any atom is 0.261 e. The maximum atomic E-state index is 13.9. The van der Waals surface area contributed by atoms with Crippen LogP contribution in [0.3, 0.4) is 0 Å². The minimum atomic E-state index is -1.01. The lowest BCUT2D eigenvalue weighted by Crippen LogP contribution is -2.46. The van der Waals surface area contributed by atoms with Crippen LogP contribution in [0.1, 0.15) is 59.9 Å². The Morgan fingerprint density at radius 3 is 2.41 bits per heavy atom. The van der Waals surface area contributed by atoms with Crippen LogP contribution in [0.2, 0.25) is 0 Å². The number of H-pyrrole nitrogens is 1. The second-order valence-electron chi connectivity index (χ2n) is 9.48. The van der Waals surface area contributed by atoms with Crippen molar-refractivity contribution in [1.82, 2.24) is 20.4 Å². The van der Waals surface area contributed by atoms with Crippen LogP contribution in [-0.4, -0.2) is 45.4 Å². The van der Waals surface area contributed by atoms with E-state index in [-0.39, 0.29) is 18.9 Å². The number of aromatic nitrogens is 2. The van der Waals surface area contributed by atoms with Crippen molar-refractivity contribution in [3.05, 3.63) is 98.5 Å². The molecule has 4 aromatic rings. The number of nitrogens with zero attached hydrogens (tertiary/aromatic N) is 2. The number of amides is 3. The first kappa shape index (κ1) is 26.4. The zero-order valence-electron chi connectivity index (χ0n) is 21.4. The van der Waals surface area contributed by atoms with Gasteiger partial charge in [-0.15, -0.1) is 11.3 Å². The molecule has 0 fully saturated rings. The van der Waals surface area contributed by atoms with Crippen molar-refractivity contribution in [2.75, 3.05) is 6.54 Å². The molecule has 39 heavy (non-hydrogen) atoms. The highest BCUT2D eigenvalue weighted by Crippen LogP contribution is 2.33. The average molecular weight is 549 g/mol.